The molecule has 0 aliphatic heterocycles. The van der Waals surface area contributed by atoms with Crippen molar-refractivity contribution in [2.75, 3.05) is 20.0 Å². The molecule has 21 heavy (non-hydrogen) atoms. The molecule has 0 aliphatic carbocycles. The van der Waals surface area contributed by atoms with Gasteiger partial charge >= 0.3 is 11.9 Å². The summed E-state index contributed by atoms with van der Waals surface area (Å²) in [5.41, 5.74) is 0. The van der Waals surface area contributed by atoms with Crippen LogP contribution < -0.4 is 0 Å². The molecule has 0 atom stereocenters. The van der Waals surface area contributed by atoms with Crippen LogP contribution in [-0.4, -0.2) is 31.9 Å². The highest BCUT2D eigenvalue weighted by Gasteiger charge is 1.94. The van der Waals surface area contributed by atoms with Gasteiger partial charge < -0.3 is 9.47 Å². The molecule has 0 spiro atoms. The number of hydrogen-bond acceptors (Lipinski definition) is 6. The normalized spacial score (nSPS) is 9.05. The smallest absolute Gasteiger partial charge is 0.365 e. The predicted molar refractivity (Wildman–Crippen MR) is 79.2 cm³/mol. The maximum atomic E-state index is 10.4. The van der Waals surface area contributed by atoms with E-state index >= 15 is 0 Å². The van der Waals surface area contributed by atoms with Crippen molar-refractivity contribution in [1.82, 2.24) is 0 Å². The summed E-state index contributed by atoms with van der Waals surface area (Å²) in [6, 6.07) is 0. The summed E-state index contributed by atoms with van der Waals surface area (Å²) in [4.78, 5) is 29.5. The second-order valence-electron chi connectivity index (χ2n) is 3.83. The van der Waals surface area contributed by atoms with Crippen molar-refractivity contribution in [3.8, 4) is 0 Å². The number of esters is 1. The van der Waals surface area contributed by atoms with Gasteiger partial charge in [0.1, 0.15) is 0 Å². The summed E-state index contributed by atoms with van der Waals surface area (Å²) in [5.74, 6) is -0.988. The fraction of sp³-hybridized carbons (Fsp3) is 0.600. The Hall–Kier alpha value is -1.66. The molecule has 0 aromatic carbocycles. The maximum absolute atomic E-state index is 10.4. The predicted octanol–water partition coefficient (Wildman–Crippen LogP) is 2.94. The average Bonchev–Trinajstić information content (AvgIpc) is 2.51. The minimum atomic E-state index is -0.545. The standard InChI is InChI=1S/C8H14O3.C7H12O3/c1-3-5-6-10-7-11-8(9)4-2;1-3-5-6-9-10-7(8)4-2/h4H,2-3,5-7H2,1H3;4H,2-3,5-6H2,1H3. The second kappa shape index (κ2) is 18.3. The second-order valence-corrected chi connectivity index (χ2v) is 3.83. The van der Waals surface area contributed by atoms with E-state index in [4.69, 9.17) is 4.74 Å². The van der Waals surface area contributed by atoms with Crippen LogP contribution in [0, 0.1) is 0 Å². The summed E-state index contributed by atoms with van der Waals surface area (Å²) in [5, 5.41) is 0. The van der Waals surface area contributed by atoms with Gasteiger partial charge in [0, 0.05) is 12.2 Å². The Labute approximate surface area is 126 Å². The van der Waals surface area contributed by atoms with Crippen LogP contribution in [0.2, 0.25) is 0 Å². The molecule has 0 radical (unpaired) electrons. The highest BCUT2D eigenvalue weighted by atomic mass is 17.2. The van der Waals surface area contributed by atoms with Crippen LogP contribution in [-0.2, 0) is 28.8 Å². The lowest BCUT2D eigenvalue weighted by Crippen LogP contribution is -2.05. The van der Waals surface area contributed by atoms with Gasteiger partial charge in [-0.15, -0.1) is 0 Å². The molecule has 122 valence electrons. The van der Waals surface area contributed by atoms with Gasteiger partial charge in [-0.3, -0.25) is 4.89 Å². The Bertz CT molecular complexity index is 288. The zero-order chi connectivity index (χ0) is 16.3. The molecule has 0 rings (SSSR count). The first kappa shape index (κ1) is 21.6. The maximum Gasteiger partial charge on any atom is 0.365 e. The van der Waals surface area contributed by atoms with Gasteiger partial charge in [0.2, 0.25) is 0 Å². The molecule has 0 bridgehead atoms. The van der Waals surface area contributed by atoms with Crippen LogP contribution in [0.3, 0.4) is 0 Å². The highest BCUT2D eigenvalue weighted by molar-refractivity contribution is 5.81. The van der Waals surface area contributed by atoms with Crippen LogP contribution in [0.4, 0.5) is 0 Å². The lowest BCUT2D eigenvalue weighted by Gasteiger charge is -2.01. The molecular weight excluding hydrogens is 276 g/mol. The molecule has 0 heterocycles. The fourth-order valence-electron chi connectivity index (χ4n) is 0.801. The van der Waals surface area contributed by atoms with E-state index in [1.165, 1.54) is 0 Å². The molecule has 0 aromatic heterocycles. The monoisotopic (exact) mass is 302 g/mol. The molecule has 0 saturated carbocycles. The van der Waals surface area contributed by atoms with Crippen molar-refractivity contribution < 1.29 is 28.8 Å². The summed E-state index contributed by atoms with van der Waals surface area (Å²) in [7, 11) is 0. The first-order chi connectivity index (χ1) is 10.1. The third-order valence-electron chi connectivity index (χ3n) is 1.98. The number of ether oxygens (including phenoxy) is 2. The number of unbranched alkanes of at least 4 members (excludes halogenated alkanes) is 2. The summed E-state index contributed by atoms with van der Waals surface area (Å²) >= 11 is 0. The Morgan fingerprint density at radius 1 is 0.952 bits per heavy atom. The first-order valence-corrected chi connectivity index (χ1v) is 6.95. The molecule has 0 N–H and O–H groups in total. The molecule has 0 saturated heterocycles. The van der Waals surface area contributed by atoms with E-state index in [1.54, 1.807) is 0 Å². The number of rotatable bonds is 11. The van der Waals surface area contributed by atoms with E-state index < -0.39 is 11.9 Å². The van der Waals surface area contributed by atoms with Crippen molar-refractivity contribution in [3.05, 3.63) is 25.3 Å². The lowest BCUT2D eigenvalue weighted by molar-refractivity contribution is -0.267. The van der Waals surface area contributed by atoms with E-state index in [1.807, 2.05) is 6.92 Å². The van der Waals surface area contributed by atoms with E-state index in [0.29, 0.717) is 13.2 Å². The van der Waals surface area contributed by atoms with Crippen molar-refractivity contribution in [3.63, 3.8) is 0 Å². The molecule has 0 aromatic rings. The molecule has 0 unspecified atom stereocenters. The Kier molecular flexibility index (Phi) is 18.9. The van der Waals surface area contributed by atoms with Gasteiger partial charge in [-0.1, -0.05) is 39.8 Å². The topological polar surface area (TPSA) is 71.1 Å². The van der Waals surface area contributed by atoms with Crippen molar-refractivity contribution in [1.29, 1.82) is 0 Å². The van der Waals surface area contributed by atoms with Crippen LogP contribution in [0.1, 0.15) is 39.5 Å². The van der Waals surface area contributed by atoms with Gasteiger partial charge in [-0.2, -0.15) is 4.89 Å². The highest BCUT2D eigenvalue weighted by Crippen LogP contribution is 1.89. The Balaban J connectivity index is 0. The zero-order valence-corrected chi connectivity index (χ0v) is 13.0. The summed E-state index contributed by atoms with van der Waals surface area (Å²) in [6.45, 7) is 11.7. The van der Waals surface area contributed by atoms with E-state index in [-0.39, 0.29) is 6.79 Å². The van der Waals surface area contributed by atoms with E-state index in [2.05, 4.69) is 34.6 Å². The zero-order valence-electron chi connectivity index (χ0n) is 13.0. The lowest BCUT2D eigenvalue weighted by atomic mass is 10.4. The molecule has 0 fully saturated rings. The largest absolute Gasteiger partial charge is 0.435 e. The third kappa shape index (κ3) is 20.8. The van der Waals surface area contributed by atoms with E-state index in [0.717, 1.165) is 37.8 Å². The number of carbonyl (C=O) groups is 2. The van der Waals surface area contributed by atoms with Gasteiger partial charge in [-0.05, 0) is 12.8 Å². The molecule has 0 amide bonds. The van der Waals surface area contributed by atoms with Crippen LogP contribution in [0.25, 0.3) is 0 Å². The van der Waals surface area contributed by atoms with Crippen LogP contribution in [0.15, 0.2) is 25.3 Å². The minimum Gasteiger partial charge on any atom is -0.435 e. The van der Waals surface area contributed by atoms with Crippen molar-refractivity contribution >= 4 is 11.9 Å². The van der Waals surface area contributed by atoms with Crippen LogP contribution >= 0.6 is 0 Å². The number of hydrogen-bond donors (Lipinski definition) is 0. The Morgan fingerprint density at radius 3 is 2.05 bits per heavy atom. The average molecular weight is 302 g/mol. The van der Waals surface area contributed by atoms with Crippen molar-refractivity contribution in [2.45, 2.75) is 39.5 Å². The van der Waals surface area contributed by atoms with Gasteiger partial charge in [-0.25, -0.2) is 9.59 Å². The summed E-state index contributed by atoms with van der Waals surface area (Å²) in [6.07, 6.45) is 6.16. The van der Waals surface area contributed by atoms with Gasteiger partial charge in [0.25, 0.3) is 0 Å². The minimum absolute atomic E-state index is 0.0326. The SMILES string of the molecule is C=CC(=O)OCOCCCC.C=CC(=O)OOCCCC. The molecule has 6 heteroatoms. The fourth-order valence-corrected chi connectivity index (χ4v) is 0.801. The van der Waals surface area contributed by atoms with Gasteiger partial charge in [0.05, 0.1) is 13.2 Å². The molecule has 0 aliphatic rings. The quantitative estimate of drug-likeness (QED) is 0.146. The van der Waals surface area contributed by atoms with E-state index in [9.17, 15) is 9.59 Å². The molecular formula is C15H26O6. The summed E-state index contributed by atoms with van der Waals surface area (Å²) < 4.78 is 9.51. The first-order valence-electron chi connectivity index (χ1n) is 6.95. The third-order valence-corrected chi connectivity index (χ3v) is 1.98. The van der Waals surface area contributed by atoms with Crippen molar-refractivity contribution in [2.24, 2.45) is 0 Å². The van der Waals surface area contributed by atoms with Crippen LogP contribution in [0.5, 0.6) is 0 Å². The Morgan fingerprint density at radius 2 is 1.52 bits per heavy atom. The van der Waals surface area contributed by atoms with Gasteiger partial charge in [0.15, 0.2) is 6.79 Å². The molecule has 6 nitrogen and oxygen atoms in total. The number of carbonyl (C=O) groups excluding carboxylic acids is 2.